The van der Waals surface area contributed by atoms with E-state index >= 15 is 0 Å². The highest BCUT2D eigenvalue weighted by Crippen LogP contribution is 2.48. The molecule has 23 heavy (non-hydrogen) atoms. The van der Waals surface area contributed by atoms with Gasteiger partial charge in [0.15, 0.2) is 0 Å². The summed E-state index contributed by atoms with van der Waals surface area (Å²) < 4.78 is 12.9. The third-order valence-corrected chi connectivity index (χ3v) is 5.66. The Balaban J connectivity index is 1.45. The summed E-state index contributed by atoms with van der Waals surface area (Å²) in [6, 6.07) is 8.54. The van der Waals surface area contributed by atoms with Crippen LogP contribution in [0.5, 0.6) is 0 Å². The second kappa shape index (κ2) is 6.06. The van der Waals surface area contributed by atoms with Crippen LogP contribution < -0.4 is 5.32 Å². The molecule has 2 heterocycles. The first-order valence-corrected chi connectivity index (χ1v) is 8.94. The molecule has 0 spiro atoms. The molecule has 1 amide bonds. The molecule has 2 aromatic rings. The molecule has 0 radical (unpaired) electrons. The molecule has 1 aromatic carbocycles. The number of halogens is 1. The van der Waals surface area contributed by atoms with Crippen LogP contribution in [0.2, 0.25) is 0 Å². The number of thiophene rings is 1. The van der Waals surface area contributed by atoms with Gasteiger partial charge < -0.3 is 5.32 Å². The molecule has 1 atom stereocenters. The average molecular weight is 330 g/mol. The van der Waals surface area contributed by atoms with Crippen LogP contribution in [-0.2, 0) is 11.2 Å². The number of fused-ring (bicyclic) bond motifs is 1. The molecule has 1 aliphatic carbocycles. The van der Waals surface area contributed by atoms with Gasteiger partial charge in [-0.1, -0.05) is 0 Å². The number of hydrogen-bond donors (Lipinski definition) is 1. The van der Waals surface area contributed by atoms with Crippen LogP contribution in [0.4, 0.5) is 10.1 Å². The second-order valence-electron chi connectivity index (χ2n) is 6.36. The minimum absolute atomic E-state index is 0.0269. The first-order valence-electron chi connectivity index (χ1n) is 8.06. The molecule has 1 aromatic heterocycles. The number of benzene rings is 1. The highest BCUT2D eigenvalue weighted by Gasteiger charge is 2.40. The second-order valence-corrected chi connectivity index (χ2v) is 7.36. The van der Waals surface area contributed by atoms with Gasteiger partial charge >= 0.3 is 0 Å². The van der Waals surface area contributed by atoms with Crippen LogP contribution in [0.25, 0.3) is 0 Å². The molecular weight excluding hydrogens is 311 g/mol. The maximum Gasteiger partial charge on any atom is 0.238 e. The minimum Gasteiger partial charge on any atom is -0.325 e. The number of hydrogen-bond acceptors (Lipinski definition) is 3. The maximum atomic E-state index is 12.9. The normalized spacial score (nSPS) is 21.0. The Bertz CT molecular complexity index is 708. The lowest BCUT2D eigenvalue weighted by Crippen LogP contribution is -2.41. The summed E-state index contributed by atoms with van der Waals surface area (Å²) >= 11 is 1.84. The van der Waals surface area contributed by atoms with Crippen molar-refractivity contribution in [3.05, 3.63) is 52.0 Å². The van der Waals surface area contributed by atoms with E-state index in [0.717, 1.165) is 13.0 Å². The Kier molecular flexibility index (Phi) is 3.91. The van der Waals surface area contributed by atoms with Gasteiger partial charge in [0.1, 0.15) is 5.82 Å². The van der Waals surface area contributed by atoms with Crippen LogP contribution in [0.1, 0.15) is 29.3 Å². The Morgan fingerprint density at radius 3 is 2.78 bits per heavy atom. The molecule has 0 saturated heterocycles. The van der Waals surface area contributed by atoms with E-state index in [-0.39, 0.29) is 11.7 Å². The predicted octanol–water partition coefficient (Wildman–Crippen LogP) is 3.84. The Morgan fingerprint density at radius 2 is 2.04 bits per heavy atom. The summed E-state index contributed by atoms with van der Waals surface area (Å²) in [6.07, 6.45) is 3.55. The molecule has 0 unspecified atom stereocenters. The monoisotopic (exact) mass is 330 g/mol. The minimum atomic E-state index is -0.294. The summed E-state index contributed by atoms with van der Waals surface area (Å²) in [5, 5.41) is 5.04. The van der Waals surface area contributed by atoms with Crippen LogP contribution >= 0.6 is 11.3 Å². The van der Waals surface area contributed by atoms with E-state index in [9.17, 15) is 9.18 Å². The largest absolute Gasteiger partial charge is 0.325 e. The number of rotatable bonds is 4. The fourth-order valence-electron chi connectivity index (χ4n) is 3.46. The van der Waals surface area contributed by atoms with E-state index in [1.165, 1.54) is 35.4 Å². The fraction of sp³-hybridized carbons (Fsp3) is 0.389. The van der Waals surface area contributed by atoms with Gasteiger partial charge in [-0.2, -0.15) is 0 Å². The van der Waals surface area contributed by atoms with E-state index in [4.69, 9.17) is 0 Å². The van der Waals surface area contributed by atoms with E-state index in [1.54, 1.807) is 12.1 Å². The number of amides is 1. The summed E-state index contributed by atoms with van der Waals surface area (Å²) in [6.45, 7) is 1.33. The number of anilines is 1. The van der Waals surface area contributed by atoms with E-state index in [2.05, 4.69) is 21.7 Å². The van der Waals surface area contributed by atoms with Crippen LogP contribution in [-0.4, -0.2) is 23.9 Å². The average Bonchev–Trinajstić information content (AvgIpc) is 3.26. The van der Waals surface area contributed by atoms with Crippen molar-refractivity contribution in [2.75, 3.05) is 18.4 Å². The molecular formula is C18H19FN2OS. The third kappa shape index (κ3) is 3.16. The topological polar surface area (TPSA) is 32.3 Å². The number of carbonyl (C=O) groups is 1. The Morgan fingerprint density at radius 1 is 1.26 bits per heavy atom. The highest BCUT2D eigenvalue weighted by atomic mass is 32.1. The van der Waals surface area contributed by atoms with Crippen LogP contribution in [0.3, 0.4) is 0 Å². The van der Waals surface area contributed by atoms with Gasteiger partial charge in [-0.25, -0.2) is 4.39 Å². The highest BCUT2D eigenvalue weighted by molar-refractivity contribution is 7.10. The third-order valence-electron chi connectivity index (χ3n) is 4.66. The first-order chi connectivity index (χ1) is 11.2. The number of carbonyl (C=O) groups excluding carboxylic acids is 1. The van der Waals surface area contributed by atoms with Gasteiger partial charge in [-0.15, -0.1) is 11.3 Å². The molecule has 3 nitrogen and oxygen atoms in total. The molecule has 1 fully saturated rings. The first kappa shape index (κ1) is 14.8. The zero-order valence-corrected chi connectivity index (χ0v) is 13.6. The van der Waals surface area contributed by atoms with Crippen LogP contribution in [0.15, 0.2) is 35.7 Å². The molecule has 4 rings (SSSR count). The zero-order chi connectivity index (χ0) is 15.8. The van der Waals surface area contributed by atoms with Crippen molar-refractivity contribution in [3.8, 4) is 0 Å². The molecule has 5 heteroatoms. The maximum absolute atomic E-state index is 12.9. The zero-order valence-electron chi connectivity index (χ0n) is 12.8. The SMILES string of the molecule is O=C(CN1CCc2sccc2[C@@H]1C1CC1)Nc1ccc(F)cc1. The molecule has 0 bridgehead atoms. The lowest BCUT2D eigenvalue weighted by molar-refractivity contribution is -0.118. The van der Waals surface area contributed by atoms with Gasteiger partial charge in [0.2, 0.25) is 5.91 Å². The van der Waals surface area contributed by atoms with E-state index in [1.807, 2.05) is 11.3 Å². The van der Waals surface area contributed by atoms with Crippen molar-refractivity contribution in [1.82, 2.24) is 4.90 Å². The van der Waals surface area contributed by atoms with E-state index < -0.39 is 0 Å². The summed E-state index contributed by atoms with van der Waals surface area (Å²) in [7, 11) is 0. The molecule has 2 aliphatic rings. The van der Waals surface area contributed by atoms with E-state index in [0.29, 0.717) is 24.2 Å². The molecule has 1 saturated carbocycles. The lowest BCUT2D eigenvalue weighted by atomic mass is 9.96. The summed E-state index contributed by atoms with van der Waals surface area (Å²) in [4.78, 5) is 16.2. The van der Waals surface area contributed by atoms with Gasteiger partial charge in [0.05, 0.1) is 6.54 Å². The smallest absolute Gasteiger partial charge is 0.238 e. The van der Waals surface area contributed by atoms with Crippen molar-refractivity contribution in [1.29, 1.82) is 0 Å². The Hall–Kier alpha value is -1.72. The number of nitrogens with one attached hydrogen (secondary N) is 1. The van der Waals surface area contributed by atoms with Crippen molar-refractivity contribution in [3.63, 3.8) is 0 Å². The summed E-state index contributed by atoms with van der Waals surface area (Å²) in [5.41, 5.74) is 2.07. The van der Waals surface area contributed by atoms with Crippen molar-refractivity contribution < 1.29 is 9.18 Å². The van der Waals surface area contributed by atoms with Crippen molar-refractivity contribution in [2.24, 2.45) is 5.92 Å². The van der Waals surface area contributed by atoms with Gasteiger partial charge in [0.25, 0.3) is 0 Å². The Labute approximate surface area is 139 Å². The number of nitrogens with zero attached hydrogens (tertiary/aromatic N) is 1. The quantitative estimate of drug-likeness (QED) is 0.924. The summed E-state index contributed by atoms with van der Waals surface area (Å²) in [5.74, 6) is 0.376. The van der Waals surface area contributed by atoms with Gasteiger partial charge in [-0.05, 0) is 66.5 Å². The molecule has 1 N–H and O–H groups in total. The standard InChI is InChI=1S/C18H19FN2OS/c19-13-3-5-14(6-4-13)20-17(22)11-21-9-7-16-15(8-10-23-16)18(21)12-1-2-12/h3-6,8,10,12,18H,1-2,7,9,11H2,(H,20,22)/t18-/m0/s1. The lowest BCUT2D eigenvalue weighted by Gasteiger charge is -2.35. The predicted molar refractivity (Wildman–Crippen MR) is 90.1 cm³/mol. The van der Waals surface area contributed by atoms with Crippen molar-refractivity contribution in [2.45, 2.75) is 25.3 Å². The van der Waals surface area contributed by atoms with Crippen LogP contribution in [0, 0.1) is 11.7 Å². The molecule has 1 aliphatic heterocycles. The van der Waals surface area contributed by atoms with Gasteiger partial charge in [-0.3, -0.25) is 9.69 Å². The van der Waals surface area contributed by atoms with Crippen molar-refractivity contribution >= 4 is 22.9 Å². The fourth-order valence-corrected chi connectivity index (χ4v) is 4.37. The molecule has 120 valence electrons. The van der Waals surface area contributed by atoms with Gasteiger partial charge in [0, 0.05) is 23.2 Å².